The van der Waals surface area contributed by atoms with Crippen LogP contribution >= 0.6 is 15.9 Å². The van der Waals surface area contributed by atoms with Crippen LogP contribution in [0.4, 0.5) is 0 Å². The van der Waals surface area contributed by atoms with Crippen LogP contribution in [-0.2, 0) is 4.79 Å². The molecule has 0 aliphatic rings. The van der Waals surface area contributed by atoms with Gasteiger partial charge in [-0.05, 0) is 79.5 Å². The number of hydrogen-bond acceptors (Lipinski definition) is 4. The summed E-state index contributed by atoms with van der Waals surface area (Å²) in [7, 11) is 0. The molecule has 0 saturated carbocycles. The van der Waals surface area contributed by atoms with Gasteiger partial charge in [0.15, 0.2) is 11.5 Å². The highest BCUT2D eigenvalue weighted by molar-refractivity contribution is 9.10. The number of amides is 1. The van der Waals surface area contributed by atoms with E-state index >= 15 is 0 Å². The molecule has 2 rings (SSSR count). The van der Waals surface area contributed by atoms with Gasteiger partial charge in [0.25, 0.3) is 5.91 Å². The predicted octanol–water partition coefficient (Wildman–Crippen LogP) is 4.34. The van der Waals surface area contributed by atoms with Gasteiger partial charge >= 0.3 is 0 Å². The summed E-state index contributed by atoms with van der Waals surface area (Å²) in [6.07, 6.45) is 1.52. The molecule has 0 aliphatic carbocycles. The monoisotopic (exact) mass is 431 g/mol. The van der Waals surface area contributed by atoms with Gasteiger partial charge in [0.05, 0.1) is 17.7 Å². The molecule has 142 valence electrons. The molecule has 2 aromatic rings. The summed E-state index contributed by atoms with van der Waals surface area (Å²) in [4.78, 5) is 12.5. The first-order chi connectivity index (χ1) is 12.9. The number of carbonyl (C=O) groups is 1. The Kier molecular flexibility index (Phi) is 7.08. The lowest BCUT2D eigenvalue weighted by atomic mass is 10.1. The molecule has 1 N–H and O–H groups in total. The minimum Gasteiger partial charge on any atom is -0.490 e. The first kappa shape index (κ1) is 20.6. The van der Waals surface area contributed by atoms with Gasteiger partial charge in [-0.15, -0.1) is 0 Å². The Bertz CT molecular complexity index is 890. The highest BCUT2D eigenvalue weighted by Gasteiger charge is 2.15. The fourth-order valence-electron chi connectivity index (χ4n) is 2.54. The number of rotatable bonds is 7. The third-order valence-corrected chi connectivity index (χ3v) is 4.37. The number of halogens is 1. The van der Waals surface area contributed by atoms with Crippen LogP contribution in [0.5, 0.6) is 11.5 Å². The average Bonchev–Trinajstić information content (AvgIpc) is 2.94. The van der Waals surface area contributed by atoms with Crippen molar-refractivity contribution in [3.63, 3.8) is 0 Å². The molecule has 0 spiro atoms. The smallest absolute Gasteiger partial charge is 0.280 e. The van der Waals surface area contributed by atoms with Crippen LogP contribution in [0, 0.1) is 25.2 Å². The van der Waals surface area contributed by atoms with Crippen LogP contribution in [-0.4, -0.2) is 23.8 Å². The van der Waals surface area contributed by atoms with Gasteiger partial charge in [-0.25, -0.2) is 0 Å². The molecule has 0 atom stereocenters. The van der Waals surface area contributed by atoms with Crippen LogP contribution < -0.4 is 14.9 Å². The number of nitrogens with zero attached hydrogens (tertiary/aromatic N) is 2. The summed E-state index contributed by atoms with van der Waals surface area (Å²) in [6.45, 7) is 8.48. The second-order valence-corrected chi connectivity index (χ2v) is 6.61. The zero-order chi connectivity index (χ0) is 20.0. The van der Waals surface area contributed by atoms with Crippen molar-refractivity contribution in [3.05, 3.63) is 51.3 Å². The van der Waals surface area contributed by atoms with Crippen LogP contribution in [0.1, 0.15) is 30.8 Å². The Morgan fingerprint density at radius 3 is 2.41 bits per heavy atom. The largest absolute Gasteiger partial charge is 0.490 e. The maximum absolute atomic E-state index is 12.5. The molecule has 0 radical (unpaired) electrons. The standard InChI is InChI=1S/C20H22BrN3O3/c1-5-26-18-11-15(10-17(21)19(18)27-6-2)9-16(12-22)20(25)23-24-13(3)7-8-14(24)4/h7-11H,5-6H2,1-4H3,(H,23,25)/b16-9-. The first-order valence-corrected chi connectivity index (χ1v) is 9.37. The van der Waals surface area contributed by atoms with Gasteiger partial charge in [-0.2, -0.15) is 5.26 Å². The Hall–Kier alpha value is -2.72. The maximum Gasteiger partial charge on any atom is 0.280 e. The van der Waals surface area contributed by atoms with Gasteiger partial charge in [-0.1, -0.05) is 0 Å². The zero-order valence-electron chi connectivity index (χ0n) is 15.8. The number of nitriles is 1. The minimum absolute atomic E-state index is 0.0130. The summed E-state index contributed by atoms with van der Waals surface area (Å²) in [6, 6.07) is 9.27. The number of aromatic nitrogens is 1. The molecule has 0 saturated heterocycles. The van der Waals surface area contributed by atoms with E-state index in [9.17, 15) is 10.1 Å². The number of nitrogens with one attached hydrogen (secondary N) is 1. The highest BCUT2D eigenvalue weighted by Crippen LogP contribution is 2.37. The summed E-state index contributed by atoms with van der Waals surface area (Å²) >= 11 is 3.46. The van der Waals surface area contributed by atoms with Crippen molar-refractivity contribution in [2.24, 2.45) is 0 Å². The third kappa shape index (κ3) is 4.92. The topological polar surface area (TPSA) is 76.3 Å². The van der Waals surface area contributed by atoms with E-state index in [1.807, 2.05) is 45.9 Å². The average molecular weight is 432 g/mol. The van der Waals surface area contributed by atoms with Crippen molar-refractivity contribution in [3.8, 4) is 17.6 Å². The number of aryl methyl sites for hydroxylation is 2. The molecular weight excluding hydrogens is 410 g/mol. The molecule has 1 amide bonds. The van der Waals surface area contributed by atoms with Gasteiger partial charge < -0.3 is 9.47 Å². The fourth-order valence-corrected chi connectivity index (χ4v) is 3.11. The van der Waals surface area contributed by atoms with E-state index in [4.69, 9.17) is 9.47 Å². The Labute approximate surface area is 167 Å². The van der Waals surface area contributed by atoms with Crippen LogP contribution in [0.2, 0.25) is 0 Å². The zero-order valence-corrected chi connectivity index (χ0v) is 17.4. The highest BCUT2D eigenvalue weighted by atomic mass is 79.9. The summed E-state index contributed by atoms with van der Waals surface area (Å²) < 4.78 is 13.6. The molecule has 7 heteroatoms. The van der Waals surface area contributed by atoms with Crippen molar-refractivity contribution in [2.45, 2.75) is 27.7 Å². The molecule has 0 aliphatic heterocycles. The molecule has 1 heterocycles. The predicted molar refractivity (Wildman–Crippen MR) is 108 cm³/mol. The molecular formula is C20H22BrN3O3. The lowest BCUT2D eigenvalue weighted by Gasteiger charge is -2.14. The van der Waals surface area contributed by atoms with Crippen molar-refractivity contribution < 1.29 is 14.3 Å². The van der Waals surface area contributed by atoms with Gasteiger partial charge in [-0.3, -0.25) is 14.9 Å². The fraction of sp³-hybridized carbons (Fsp3) is 0.300. The van der Waals surface area contributed by atoms with E-state index in [-0.39, 0.29) is 5.57 Å². The normalized spacial score (nSPS) is 11.0. The molecule has 0 fully saturated rings. The maximum atomic E-state index is 12.5. The molecule has 1 aromatic carbocycles. The van der Waals surface area contributed by atoms with E-state index in [0.29, 0.717) is 34.7 Å². The summed E-state index contributed by atoms with van der Waals surface area (Å²) in [5, 5.41) is 9.45. The summed E-state index contributed by atoms with van der Waals surface area (Å²) in [5.74, 6) is 0.663. The first-order valence-electron chi connectivity index (χ1n) is 8.58. The molecule has 1 aromatic heterocycles. The lowest BCUT2D eigenvalue weighted by Crippen LogP contribution is -2.25. The second kappa shape index (κ2) is 9.28. The Balaban J connectivity index is 2.36. The van der Waals surface area contributed by atoms with E-state index < -0.39 is 5.91 Å². The van der Waals surface area contributed by atoms with Crippen molar-refractivity contribution in [2.75, 3.05) is 18.6 Å². The number of benzene rings is 1. The van der Waals surface area contributed by atoms with Gasteiger partial charge in [0, 0.05) is 11.4 Å². The Morgan fingerprint density at radius 2 is 1.85 bits per heavy atom. The van der Waals surface area contributed by atoms with E-state index in [2.05, 4.69) is 21.4 Å². The van der Waals surface area contributed by atoms with Crippen molar-refractivity contribution in [1.29, 1.82) is 5.26 Å². The quantitative estimate of drug-likeness (QED) is 0.522. The van der Waals surface area contributed by atoms with Crippen molar-refractivity contribution in [1.82, 2.24) is 4.68 Å². The molecule has 0 unspecified atom stereocenters. The van der Waals surface area contributed by atoms with Crippen LogP contribution in [0.3, 0.4) is 0 Å². The summed E-state index contributed by atoms with van der Waals surface area (Å²) in [5.41, 5.74) is 5.13. The number of carbonyl (C=O) groups excluding carboxylic acids is 1. The van der Waals surface area contributed by atoms with Gasteiger partial charge in [0.1, 0.15) is 11.6 Å². The molecule has 6 nitrogen and oxygen atoms in total. The SMILES string of the molecule is CCOc1cc(/C=C(/C#N)C(=O)Nn2c(C)ccc2C)cc(Br)c1OCC. The van der Waals surface area contributed by atoms with Crippen LogP contribution in [0.15, 0.2) is 34.3 Å². The molecule has 0 bridgehead atoms. The van der Waals surface area contributed by atoms with Gasteiger partial charge in [0.2, 0.25) is 0 Å². The number of ether oxygens (including phenoxy) is 2. The van der Waals surface area contributed by atoms with E-state index in [0.717, 1.165) is 11.4 Å². The second-order valence-electron chi connectivity index (χ2n) is 5.76. The Morgan fingerprint density at radius 1 is 1.22 bits per heavy atom. The van der Waals surface area contributed by atoms with Crippen LogP contribution in [0.25, 0.3) is 6.08 Å². The molecule has 27 heavy (non-hydrogen) atoms. The number of hydrogen-bond donors (Lipinski definition) is 1. The minimum atomic E-state index is -0.483. The van der Waals surface area contributed by atoms with E-state index in [1.54, 1.807) is 16.8 Å². The van der Waals surface area contributed by atoms with Crippen molar-refractivity contribution >= 4 is 27.9 Å². The van der Waals surface area contributed by atoms with E-state index in [1.165, 1.54) is 6.08 Å². The lowest BCUT2D eigenvalue weighted by molar-refractivity contribution is -0.113. The third-order valence-electron chi connectivity index (χ3n) is 3.78.